The molecule has 0 aliphatic rings. The molecule has 16 heavy (non-hydrogen) atoms. The molecule has 0 saturated heterocycles. The molecular weight excluding hydrogens is 196 g/mol. The van der Waals surface area contributed by atoms with Crippen molar-refractivity contribution in [1.29, 1.82) is 0 Å². The summed E-state index contributed by atoms with van der Waals surface area (Å²) in [4.78, 5) is 12.5. The third-order valence-corrected chi connectivity index (χ3v) is 5.11. The Hall–Kier alpha value is -0.330. The summed E-state index contributed by atoms with van der Waals surface area (Å²) in [6.07, 6.45) is 0.933. The molecule has 0 aromatic rings. The molecule has 0 aliphatic heterocycles. The molecule has 0 spiro atoms. The van der Waals surface area contributed by atoms with Crippen LogP contribution in [0.15, 0.2) is 0 Å². The highest BCUT2D eigenvalue weighted by Crippen LogP contribution is 2.52. The van der Waals surface area contributed by atoms with Crippen LogP contribution >= 0.6 is 0 Å². The van der Waals surface area contributed by atoms with E-state index < -0.39 is 0 Å². The number of ketones is 1. The van der Waals surface area contributed by atoms with Gasteiger partial charge in [-0.1, -0.05) is 62.3 Å². The molecule has 0 aromatic carbocycles. The lowest BCUT2D eigenvalue weighted by Crippen LogP contribution is -2.49. The first-order chi connectivity index (χ1) is 6.89. The third-order valence-electron chi connectivity index (χ3n) is 5.11. The Balaban J connectivity index is 5.28. The van der Waals surface area contributed by atoms with E-state index in [2.05, 4.69) is 55.4 Å². The van der Waals surface area contributed by atoms with Crippen LogP contribution in [0.4, 0.5) is 0 Å². The predicted molar refractivity (Wildman–Crippen MR) is 71.5 cm³/mol. The number of Topliss-reactive ketones (excluding diaryl/α,β-unsaturated/α-hetero) is 1. The Labute approximate surface area is 102 Å². The second kappa shape index (κ2) is 4.50. The van der Waals surface area contributed by atoms with Crippen LogP contribution in [0.2, 0.25) is 0 Å². The first-order valence-electron chi connectivity index (χ1n) is 6.44. The number of hydrogen-bond acceptors (Lipinski definition) is 1. The van der Waals surface area contributed by atoms with E-state index >= 15 is 0 Å². The lowest BCUT2D eigenvalue weighted by atomic mass is 9.53. The van der Waals surface area contributed by atoms with Gasteiger partial charge in [-0.05, 0) is 17.3 Å². The maximum Gasteiger partial charge on any atom is 0.141 e. The van der Waals surface area contributed by atoms with E-state index in [1.54, 1.807) is 0 Å². The number of rotatable bonds is 4. The van der Waals surface area contributed by atoms with Crippen molar-refractivity contribution in [2.24, 2.45) is 22.2 Å². The summed E-state index contributed by atoms with van der Waals surface area (Å²) in [7, 11) is 0. The SMILES string of the molecule is CCC(C)C(=O)C(C)(C)C(C)(C)C(C)(C)C. The van der Waals surface area contributed by atoms with E-state index in [4.69, 9.17) is 0 Å². The van der Waals surface area contributed by atoms with Gasteiger partial charge < -0.3 is 0 Å². The molecule has 0 aromatic heterocycles. The summed E-state index contributed by atoms with van der Waals surface area (Å²) in [6.45, 7) is 19.4. The van der Waals surface area contributed by atoms with Gasteiger partial charge in [0.2, 0.25) is 0 Å². The molecule has 0 fully saturated rings. The third kappa shape index (κ3) is 2.49. The highest BCUT2D eigenvalue weighted by molar-refractivity contribution is 5.86. The summed E-state index contributed by atoms with van der Waals surface area (Å²) in [6, 6.07) is 0. The molecule has 0 N–H and O–H groups in total. The van der Waals surface area contributed by atoms with E-state index in [0.29, 0.717) is 5.78 Å². The van der Waals surface area contributed by atoms with Crippen LogP contribution in [-0.2, 0) is 4.79 Å². The average Bonchev–Trinajstić information content (AvgIpc) is 2.13. The van der Waals surface area contributed by atoms with Crippen LogP contribution in [0.25, 0.3) is 0 Å². The largest absolute Gasteiger partial charge is 0.299 e. The standard InChI is InChI=1S/C15H30O/c1-10-11(2)12(16)14(6,7)15(8,9)13(3,4)5/h11H,10H2,1-9H3. The minimum absolute atomic E-state index is 0.0134. The van der Waals surface area contributed by atoms with Gasteiger partial charge in [0.1, 0.15) is 5.78 Å². The Morgan fingerprint density at radius 3 is 1.62 bits per heavy atom. The van der Waals surface area contributed by atoms with Crippen molar-refractivity contribution < 1.29 is 4.79 Å². The van der Waals surface area contributed by atoms with Gasteiger partial charge in [-0.3, -0.25) is 4.79 Å². The molecule has 0 radical (unpaired) electrons. The molecule has 1 nitrogen and oxygen atoms in total. The quantitative estimate of drug-likeness (QED) is 0.679. The minimum atomic E-state index is -0.277. The molecule has 0 amide bonds. The maximum absolute atomic E-state index is 12.5. The van der Waals surface area contributed by atoms with Gasteiger partial charge in [-0.15, -0.1) is 0 Å². The van der Waals surface area contributed by atoms with Gasteiger partial charge in [0.05, 0.1) is 0 Å². The Kier molecular flexibility index (Phi) is 4.41. The van der Waals surface area contributed by atoms with E-state index in [-0.39, 0.29) is 22.2 Å². The Morgan fingerprint density at radius 2 is 1.38 bits per heavy atom. The van der Waals surface area contributed by atoms with E-state index in [0.717, 1.165) is 6.42 Å². The second-order valence-corrected chi connectivity index (χ2v) is 7.17. The van der Waals surface area contributed by atoms with E-state index in [1.165, 1.54) is 0 Å². The fraction of sp³-hybridized carbons (Fsp3) is 0.933. The van der Waals surface area contributed by atoms with Crippen molar-refractivity contribution in [1.82, 2.24) is 0 Å². The zero-order valence-corrected chi connectivity index (χ0v) is 12.7. The smallest absolute Gasteiger partial charge is 0.141 e. The zero-order chi connectivity index (χ0) is 13.4. The van der Waals surface area contributed by atoms with Gasteiger partial charge in [0.25, 0.3) is 0 Å². The van der Waals surface area contributed by atoms with E-state index in [9.17, 15) is 4.79 Å². The van der Waals surface area contributed by atoms with Crippen molar-refractivity contribution in [3.63, 3.8) is 0 Å². The Morgan fingerprint density at radius 1 is 1.00 bits per heavy atom. The topological polar surface area (TPSA) is 17.1 Å². The fourth-order valence-corrected chi connectivity index (χ4v) is 2.05. The molecule has 0 heterocycles. The summed E-state index contributed by atoms with van der Waals surface area (Å²) in [5, 5.41) is 0. The Bertz CT molecular complexity index is 253. The highest BCUT2D eigenvalue weighted by atomic mass is 16.1. The van der Waals surface area contributed by atoms with Gasteiger partial charge >= 0.3 is 0 Å². The number of hydrogen-bond donors (Lipinski definition) is 0. The van der Waals surface area contributed by atoms with Crippen LogP contribution in [-0.4, -0.2) is 5.78 Å². The summed E-state index contributed by atoms with van der Waals surface area (Å²) in [5.41, 5.74) is -0.166. The van der Waals surface area contributed by atoms with Crippen LogP contribution in [0.3, 0.4) is 0 Å². The van der Waals surface area contributed by atoms with Crippen LogP contribution < -0.4 is 0 Å². The van der Waals surface area contributed by atoms with Gasteiger partial charge in [-0.25, -0.2) is 0 Å². The van der Waals surface area contributed by atoms with Crippen LogP contribution in [0.1, 0.15) is 68.7 Å². The molecule has 0 bridgehead atoms. The highest BCUT2D eigenvalue weighted by Gasteiger charge is 2.50. The van der Waals surface area contributed by atoms with Gasteiger partial charge in [0, 0.05) is 11.3 Å². The van der Waals surface area contributed by atoms with Crippen molar-refractivity contribution in [2.75, 3.05) is 0 Å². The maximum atomic E-state index is 12.5. The first-order valence-corrected chi connectivity index (χ1v) is 6.44. The van der Waals surface area contributed by atoms with Crippen LogP contribution in [0.5, 0.6) is 0 Å². The summed E-state index contributed by atoms with van der Waals surface area (Å²) >= 11 is 0. The molecule has 1 unspecified atom stereocenters. The normalized spacial score (nSPS) is 16.1. The molecular formula is C15H30O. The molecule has 96 valence electrons. The molecule has 0 saturated carbocycles. The molecule has 1 atom stereocenters. The second-order valence-electron chi connectivity index (χ2n) is 7.17. The zero-order valence-electron chi connectivity index (χ0n) is 12.7. The minimum Gasteiger partial charge on any atom is -0.299 e. The van der Waals surface area contributed by atoms with Gasteiger partial charge in [0.15, 0.2) is 0 Å². The van der Waals surface area contributed by atoms with Crippen molar-refractivity contribution in [3.8, 4) is 0 Å². The summed E-state index contributed by atoms with van der Waals surface area (Å²) in [5.74, 6) is 0.562. The van der Waals surface area contributed by atoms with Crippen molar-refractivity contribution in [2.45, 2.75) is 68.7 Å². The van der Waals surface area contributed by atoms with Gasteiger partial charge in [-0.2, -0.15) is 0 Å². The lowest BCUT2D eigenvalue weighted by Gasteiger charge is -2.50. The lowest BCUT2D eigenvalue weighted by molar-refractivity contribution is -0.142. The van der Waals surface area contributed by atoms with Crippen molar-refractivity contribution >= 4 is 5.78 Å². The fourth-order valence-electron chi connectivity index (χ4n) is 2.05. The summed E-state index contributed by atoms with van der Waals surface area (Å²) < 4.78 is 0. The first kappa shape index (κ1) is 15.7. The molecule has 1 heteroatoms. The number of carbonyl (C=O) groups excluding carboxylic acids is 1. The van der Waals surface area contributed by atoms with Crippen molar-refractivity contribution in [3.05, 3.63) is 0 Å². The average molecular weight is 226 g/mol. The predicted octanol–water partition coefficient (Wildman–Crippen LogP) is 4.70. The molecule has 0 rings (SSSR count). The monoisotopic (exact) mass is 226 g/mol. The van der Waals surface area contributed by atoms with Crippen LogP contribution in [0, 0.1) is 22.2 Å². The molecule has 0 aliphatic carbocycles. The number of carbonyl (C=O) groups is 1. The van der Waals surface area contributed by atoms with E-state index in [1.807, 2.05) is 6.92 Å².